The fourth-order valence-corrected chi connectivity index (χ4v) is 2.66. The molecule has 1 aliphatic rings. The van der Waals surface area contributed by atoms with Crippen LogP contribution >= 0.6 is 11.6 Å². The Morgan fingerprint density at radius 3 is 2.95 bits per heavy atom. The van der Waals surface area contributed by atoms with Crippen LogP contribution in [0.2, 0.25) is 5.15 Å². The second-order valence-corrected chi connectivity index (χ2v) is 5.74. The number of rotatable bonds is 4. The number of pyridine rings is 1. The van der Waals surface area contributed by atoms with Gasteiger partial charge in [0.2, 0.25) is 5.91 Å². The Morgan fingerprint density at radius 1 is 1.50 bits per heavy atom. The summed E-state index contributed by atoms with van der Waals surface area (Å²) in [5.41, 5.74) is 0.454. The number of amides is 3. The van der Waals surface area contributed by atoms with E-state index in [1.54, 1.807) is 35.2 Å². The summed E-state index contributed by atoms with van der Waals surface area (Å²) in [7, 11) is 1.77. The van der Waals surface area contributed by atoms with E-state index in [0.717, 1.165) is 12.8 Å². The van der Waals surface area contributed by atoms with Crippen molar-refractivity contribution in [1.29, 1.82) is 0 Å². The zero-order valence-corrected chi connectivity index (χ0v) is 13.6. The third-order valence-electron chi connectivity index (χ3n) is 3.81. The van der Waals surface area contributed by atoms with Crippen LogP contribution in [0.4, 0.5) is 10.5 Å². The molecule has 0 unspecified atom stereocenters. The second kappa shape index (κ2) is 7.45. The first-order valence-electron chi connectivity index (χ1n) is 7.47. The number of halogens is 1. The molecule has 2 rings (SSSR count). The van der Waals surface area contributed by atoms with Gasteiger partial charge in [0.05, 0.1) is 5.69 Å². The SMILES string of the molecule is CCCC[C@H]1C(=O)N(C)CCN1C(=O)Nc1cccnc1Cl. The van der Waals surface area contributed by atoms with Gasteiger partial charge in [-0.2, -0.15) is 0 Å². The number of piperazine rings is 1. The van der Waals surface area contributed by atoms with E-state index in [0.29, 0.717) is 25.2 Å². The molecule has 1 aliphatic heterocycles. The lowest BCUT2D eigenvalue weighted by atomic mass is 10.0. The molecule has 0 saturated carbocycles. The van der Waals surface area contributed by atoms with Crippen molar-refractivity contribution >= 4 is 29.2 Å². The van der Waals surface area contributed by atoms with Crippen LogP contribution in [0.3, 0.4) is 0 Å². The quantitative estimate of drug-likeness (QED) is 0.866. The van der Waals surface area contributed by atoms with Gasteiger partial charge in [-0.3, -0.25) is 4.79 Å². The first kappa shape index (κ1) is 16.5. The van der Waals surface area contributed by atoms with Crippen molar-refractivity contribution in [3.63, 3.8) is 0 Å². The molecule has 0 aliphatic carbocycles. The van der Waals surface area contributed by atoms with Gasteiger partial charge < -0.3 is 15.1 Å². The number of nitrogens with one attached hydrogen (secondary N) is 1. The highest BCUT2D eigenvalue weighted by Crippen LogP contribution is 2.21. The number of carbonyl (C=O) groups excluding carboxylic acids is 2. The highest BCUT2D eigenvalue weighted by Gasteiger charge is 2.35. The van der Waals surface area contributed by atoms with Crippen LogP contribution in [0, 0.1) is 0 Å². The van der Waals surface area contributed by atoms with Crippen molar-refractivity contribution in [3.8, 4) is 0 Å². The van der Waals surface area contributed by atoms with Gasteiger partial charge in [-0.25, -0.2) is 9.78 Å². The van der Waals surface area contributed by atoms with Crippen LogP contribution in [-0.2, 0) is 4.79 Å². The second-order valence-electron chi connectivity index (χ2n) is 5.38. The van der Waals surface area contributed by atoms with Crippen LogP contribution in [0.25, 0.3) is 0 Å². The monoisotopic (exact) mass is 324 g/mol. The maximum absolute atomic E-state index is 12.5. The first-order valence-corrected chi connectivity index (χ1v) is 7.85. The molecule has 22 heavy (non-hydrogen) atoms. The molecule has 0 aromatic carbocycles. The van der Waals surface area contributed by atoms with Crippen molar-refractivity contribution in [2.45, 2.75) is 32.2 Å². The standard InChI is InChI=1S/C15H21ClN4O2/c1-3-4-7-12-14(21)19(2)9-10-20(12)15(22)18-11-6-5-8-17-13(11)16/h5-6,8,12H,3-4,7,9-10H2,1-2H3,(H,18,22)/t12-/m0/s1. The molecule has 7 heteroatoms. The summed E-state index contributed by atoms with van der Waals surface area (Å²) in [5.74, 6) is -0.00728. The zero-order chi connectivity index (χ0) is 16.1. The summed E-state index contributed by atoms with van der Waals surface area (Å²) in [6.45, 7) is 3.12. The molecule has 2 heterocycles. The minimum atomic E-state index is -0.408. The fourth-order valence-electron chi connectivity index (χ4n) is 2.50. The predicted octanol–water partition coefficient (Wildman–Crippen LogP) is 2.60. The molecule has 1 fully saturated rings. The molecule has 1 N–H and O–H groups in total. The maximum Gasteiger partial charge on any atom is 0.322 e. The average Bonchev–Trinajstić information content (AvgIpc) is 2.51. The maximum atomic E-state index is 12.5. The van der Waals surface area contributed by atoms with E-state index in [2.05, 4.69) is 17.2 Å². The summed E-state index contributed by atoms with van der Waals surface area (Å²) in [6, 6.07) is 2.67. The Labute approximate surface area is 135 Å². The van der Waals surface area contributed by atoms with Crippen molar-refractivity contribution in [2.75, 3.05) is 25.5 Å². The lowest BCUT2D eigenvalue weighted by Crippen LogP contribution is -2.58. The Morgan fingerprint density at radius 2 is 2.27 bits per heavy atom. The lowest BCUT2D eigenvalue weighted by molar-refractivity contribution is -0.138. The smallest absolute Gasteiger partial charge is 0.322 e. The van der Waals surface area contributed by atoms with E-state index in [-0.39, 0.29) is 17.1 Å². The molecule has 120 valence electrons. The van der Waals surface area contributed by atoms with E-state index in [4.69, 9.17) is 11.6 Å². The van der Waals surface area contributed by atoms with Crippen LogP contribution in [0.5, 0.6) is 0 Å². The van der Waals surface area contributed by atoms with E-state index < -0.39 is 6.04 Å². The number of unbranched alkanes of at least 4 members (excludes halogenated alkanes) is 1. The lowest BCUT2D eigenvalue weighted by Gasteiger charge is -2.39. The molecular formula is C15H21ClN4O2. The van der Waals surface area contributed by atoms with Gasteiger partial charge >= 0.3 is 6.03 Å². The number of likely N-dealkylation sites (N-methyl/N-ethyl adjacent to an activating group) is 1. The fraction of sp³-hybridized carbons (Fsp3) is 0.533. The van der Waals surface area contributed by atoms with Crippen molar-refractivity contribution in [2.24, 2.45) is 0 Å². The molecule has 1 atom stereocenters. The zero-order valence-electron chi connectivity index (χ0n) is 12.9. The highest BCUT2D eigenvalue weighted by atomic mass is 35.5. The minimum absolute atomic E-state index is 0.00728. The molecule has 0 bridgehead atoms. The molecule has 1 aromatic rings. The number of anilines is 1. The van der Waals surface area contributed by atoms with Crippen molar-refractivity contribution < 1.29 is 9.59 Å². The van der Waals surface area contributed by atoms with E-state index in [9.17, 15) is 9.59 Å². The van der Waals surface area contributed by atoms with E-state index >= 15 is 0 Å². The van der Waals surface area contributed by atoms with E-state index in [1.165, 1.54) is 0 Å². The minimum Gasteiger partial charge on any atom is -0.342 e. The number of hydrogen-bond donors (Lipinski definition) is 1. The predicted molar refractivity (Wildman–Crippen MR) is 85.9 cm³/mol. The van der Waals surface area contributed by atoms with Crippen LogP contribution in [-0.4, -0.2) is 52.9 Å². The van der Waals surface area contributed by atoms with Crippen LogP contribution < -0.4 is 5.32 Å². The van der Waals surface area contributed by atoms with Crippen LogP contribution in [0.1, 0.15) is 26.2 Å². The number of nitrogens with zero attached hydrogens (tertiary/aromatic N) is 3. The van der Waals surface area contributed by atoms with Gasteiger partial charge in [0.1, 0.15) is 6.04 Å². The molecule has 6 nitrogen and oxygen atoms in total. The summed E-state index contributed by atoms with van der Waals surface area (Å²) in [5, 5.41) is 2.98. The Bertz CT molecular complexity index is 552. The van der Waals surface area contributed by atoms with Gasteiger partial charge in [-0.15, -0.1) is 0 Å². The Hall–Kier alpha value is -1.82. The van der Waals surface area contributed by atoms with Gasteiger partial charge in [0.15, 0.2) is 5.15 Å². The number of carbonyl (C=O) groups is 2. The first-order chi connectivity index (χ1) is 10.5. The summed E-state index contributed by atoms with van der Waals surface area (Å²) in [4.78, 5) is 32.0. The average molecular weight is 325 g/mol. The van der Waals surface area contributed by atoms with Gasteiger partial charge in [-0.05, 0) is 18.6 Å². The van der Waals surface area contributed by atoms with E-state index in [1.807, 2.05) is 0 Å². The van der Waals surface area contributed by atoms with Crippen LogP contribution in [0.15, 0.2) is 18.3 Å². The number of aromatic nitrogens is 1. The molecular weight excluding hydrogens is 304 g/mol. The van der Waals surface area contributed by atoms with Gasteiger partial charge in [-0.1, -0.05) is 31.4 Å². The Kier molecular flexibility index (Phi) is 5.60. The molecule has 1 saturated heterocycles. The summed E-state index contributed by atoms with van der Waals surface area (Å²) >= 11 is 5.96. The molecule has 1 aromatic heterocycles. The summed E-state index contributed by atoms with van der Waals surface area (Å²) in [6.07, 6.45) is 4.12. The normalized spacial score (nSPS) is 18.5. The third-order valence-corrected chi connectivity index (χ3v) is 4.11. The third kappa shape index (κ3) is 3.68. The Balaban J connectivity index is 2.11. The van der Waals surface area contributed by atoms with Crippen molar-refractivity contribution in [3.05, 3.63) is 23.5 Å². The molecule has 0 radical (unpaired) electrons. The van der Waals surface area contributed by atoms with Crippen molar-refractivity contribution in [1.82, 2.24) is 14.8 Å². The van der Waals surface area contributed by atoms with Gasteiger partial charge in [0.25, 0.3) is 0 Å². The number of hydrogen-bond acceptors (Lipinski definition) is 3. The molecule has 0 spiro atoms. The number of urea groups is 1. The summed E-state index contributed by atoms with van der Waals surface area (Å²) < 4.78 is 0. The van der Waals surface area contributed by atoms with Gasteiger partial charge in [0, 0.05) is 26.3 Å². The highest BCUT2D eigenvalue weighted by molar-refractivity contribution is 6.32. The topological polar surface area (TPSA) is 65.5 Å². The molecule has 3 amide bonds. The largest absolute Gasteiger partial charge is 0.342 e.